The Bertz CT molecular complexity index is 1780. The minimum absolute atomic E-state index is 0.00847. The minimum atomic E-state index is -3.95. The number of nitriles is 1. The first-order valence-electron chi connectivity index (χ1n) is 17.2. The Kier molecular flexibility index (Phi) is 12.4. The second-order valence-electron chi connectivity index (χ2n) is 13.8. The average Bonchev–Trinajstić information content (AvgIpc) is 3.67. The van der Waals surface area contributed by atoms with Crippen LogP contribution in [0.5, 0.6) is 5.75 Å². The van der Waals surface area contributed by atoms with Gasteiger partial charge < -0.3 is 34.7 Å². The molecule has 51 heavy (non-hydrogen) atoms. The molecule has 2 aliphatic rings. The minimum Gasteiger partial charge on any atom is -0.489 e. The Hall–Kier alpha value is -4.03. The molecule has 13 heteroatoms. The first kappa shape index (κ1) is 38.2. The summed E-state index contributed by atoms with van der Waals surface area (Å²) >= 11 is 0. The Morgan fingerprint density at radius 2 is 1.84 bits per heavy atom. The van der Waals surface area contributed by atoms with Crippen molar-refractivity contribution in [2.24, 2.45) is 11.8 Å². The van der Waals surface area contributed by atoms with Crippen molar-refractivity contribution in [3.63, 3.8) is 0 Å². The van der Waals surface area contributed by atoms with Gasteiger partial charge in [-0.15, -0.1) is 0 Å². The molecule has 5 rings (SSSR count). The smallest absolute Gasteiger partial charge is 0.243 e. The molecule has 2 saturated heterocycles. The number of ether oxygens (including phenoxy) is 4. The van der Waals surface area contributed by atoms with Crippen LogP contribution in [-0.2, 0) is 42.1 Å². The Balaban J connectivity index is 1.44. The van der Waals surface area contributed by atoms with E-state index in [1.807, 2.05) is 64.1 Å². The zero-order valence-corrected chi connectivity index (χ0v) is 30.4. The topological polar surface area (TPSA) is 165 Å². The van der Waals surface area contributed by atoms with E-state index in [-0.39, 0.29) is 43.0 Å². The fourth-order valence-electron chi connectivity index (χ4n) is 6.73. The summed E-state index contributed by atoms with van der Waals surface area (Å²) < 4.78 is 53.6. The zero-order chi connectivity index (χ0) is 36.8. The number of rotatable bonds is 15. The summed E-state index contributed by atoms with van der Waals surface area (Å²) in [7, 11) is -3.95. The molecule has 0 aliphatic carbocycles. The number of nitrogens with two attached hydrogens (primary N) is 1. The van der Waals surface area contributed by atoms with Crippen molar-refractivity contribution in [3.05, 3.63) is 89.5 Å². The number of benzene rings is 3. The van der Waals surface area contributed by atoms with E-state index in [1.54, 1.807) is 29.2 Å². The van der Waals surface area contributed by atoms with Gasteiger partial charge in [-0.1, -0.05) is 38.1 Å². The molecule has 274 valence electrons. The van der Waals surface area contributed by atoms with Crippen molar-refractivity contribution < 1.29 is 37.3 Å². The molecule has 0 bridgehead atoms. The third-order valence-corrected chi connectivity index (χ3v) is 10.9. The number of carbonyl (C=O) groups excluding carboxylic acids is 1. The number of aliphatic hydroxyl groups is 1. The number of hydrogen-bond donors (Lipinski definition) is 2. The molecule has 2 heterocycles. The largest absolute Gasteiger partial charge is 0.489 e. The van der Waals surface area contributed by atoms with Gasteiger partial charge in [0, 0.05) is 18.8 Å². The summed E-state index contributed by atoms with van der Waals surface area (Å²) in [5.74, 6) is -0.196. The van der Waals surface area contributed by atoms with Crippen LogP contribution in [0.2, 0.25) is 0 Å². The lowest BCUT2D eigenvalue weighted by molar-refractivity contribution is -0.171. The van der Waals surface area contributed by atoms with Gasteiger partial charge in [0.1, 0.15) is 18.1 Å². The number of amides is 1. The number of aliphatic hydroxyl groups excluding tert-OH is 1. The first-order valence-corrected chi connectivity index (χ1v) is 18.7. The summed E-state index contributed by atoms with van der Waals surface area (Å²) in [6.45, 7) is 8.25. The van der Waals surface area contributed by atoms with Gasteiger partial charge in [-0.3, -0.25) is 4.79 Å². The SMILES string of the molecule is CC(C)CN(CC1OC(C)(C)N(C(=O)C2CCOC2OCCO)C1Cc1ccc(OCc2cccc(C#N)c2)cc1)S(=O)(=O)c1ccc(N)cc1. The van der Waals surface area contributed by atoms with E-state index < -0.39 is 40.1 Å². The average molecular weight is 721 g/mol. The highest BCUT2D eigenvalue weighted by molar-refractivity contribution is 7.89. The van der Waals surface area contributed by atoms with Crippen LogP contribution >= 0.6 is 0 Å². The Morgan fingerprint density at radius 3 is 2.51 bits per heavy atom. The van der Waals surface area contributed by atoms with Crippen LogP contribution in [0.1, 0.15) is 50.8 Å². The molecule has 4 unspecified atom stereocenters. The second kappa shape index (κ2) is 16.5. The maximum Gasteiger partial charge on any atom is 0.243 e. The molecule has 3 N–H and O–H groups in total. The second-order valence-corrected chi connectivity index (χ2v) is 15.8. The lowest BCUT2D eigenvalue weighted by atomic mass is 9.96. The third kappa shape index (κ3) is 9.26. The van der Waals surface area contributed by atoms with Crippen LogP contribution in [0.25, 0.3) is 0 Å². The van der Waals surface area contributed by atoms with Crippen molar-refractivity contribution in [2.75, 3.05) is 38.6 Å². The van der Waals surface area contributed by atoms with Gasteiger partial charge in [-0.2, -0.15) is 9.57 Å². The number of hydrogen-bond acceptors (Lipinski definition) is 10. The van der Waals surface area contributed by atoms with Crippen molar-refractivity contribution in [1.29, 1.82) is 5.26 Å². The maximum absolute atomic E-state index is 14.5. The predicted octanol–water partition coefficient (Wildman–Crippen LogP) is 4.31. The van der Waals surface area contributed by atoms with E-state index in [9.17, 15) is 23.6 Å². The van der Waals surface area contributed by atoms with E-state index in [1.165, 1.54) is 16.4 Å². The lowest BCUT2D eigenvalue weighted by Crippen LogP contribution is -2.53. The molecule has 0 aromatic heterocycles. The van der Waals surface area contributed by atoms with E-state index in [0.29, 0.717) is 43.1 Å². The van der Waals surface area contributed by atoms with Crippen LogP contribution < -0.4 is 10.5 Å². The highest BCUT2D eigenvalue weighted by Crippen LogP contribution is 2.39. The van der Waals surface area contributed by atoms with Crippen molar-refractivity contribution in [3.8, 4) is 11.8 Å². The fourth-order valence-corrected chi connectivity index (χ4v) is 8.34. The number of nitrogen functional groups attached to an aromatic ring is 1. The van der Waals surface area contributed by atoms with Crippen molar-refractivity contribution >= 4 is 21.6 Å². The molecule has 3 aromatic rings. The van der Waals surface area contributed by atoms with Crippen molar-refractivity contribution in [1.82, 2.24) is 9.21 Å². The molecule has 0 spiro atoms. The van der Waals surface area contributed by atoms with Crippen LogP contribution in [-0.4, -0.2) is 85.7 Å². The molecule has 2 aliphatic heterocycles. The molecule has 4 atom stereocenters. The summed E-state index contributed by atoms with van der Waals surface area (Å²) in [5, 5.41) is 18.6. The molecule has 0 saturated carbocycles. The van der Waals surface area contributed by atoms with Gasteiger partial charge in [0.05, 0.1) is 54.4 Å². The summed E-state index contributed by atoms with van der Waals surface area (Å²) in [4.78, 5) is 16.3. The highest BCUT2D eigenvalue weighted by atomic mass is 32.2. The first-order chi connectivity index (χ1) is 24.3. The highest BCUT2D eigenvalue weighted by Gasteiger charge is 2.53. The van der Waals surface area contributed by atoms with Gasteiger partial charge in [-0.25, -0.2) is 8.42 Å². The third-order valence-electron chi connectivity index (χ3n) is 9.05. The van der Waals surface area contributed by atoms with Gasteiger partial charge in [-0.05, 0) is 92.3 Å². The number of anilines is 1. The standard InChI is InChI=1S/C38H48N4O8S/c1-26(2)23-41(51(45,46)32-14-10-30(40)11-15-32)24-35-34(42(38(3,4)50-35)36(44)33-16-18-47-37(33)48-19-17-43)21-27-8-12-31(13-9-27)49-25-29-7-5-6-28(20-29)22-39/h5-15,20,26,33-35,37,43H,16-19,21,23-25,40H2,1-4H3. The maximum atomic E-state index is 14.5. The predicted molar refractivity (Wildman–Crippen MR) is 191 cm³/mol. The van der Waals surface area contributed by atoms with Gasteiger partial charge in [0.25, 0.3) is 0 Å². The molecular weight excluding hydrogens is 673 g/mol. The van der Waals surface area contributed by atoms with Crippen molar-refractivity contribution in [2.45, 2.75) is 76.2 Å². The quantitative estimate of drug-likeness (QED) is 0.216. The summed E-state index contributed by atoms with van der Waals surface area (Å²) in [5.41, 5.74) is 7.56. The molecular formula is C38H48N4O8S. The number of nitrogens with zero attached hydrogens (tertiary/aromatic N) is 3. The zero-order valence-electron chi connectivity index (χ0n) is 29.6. The molecule has 3 aromatic carbocycles. The van der Waals surface area contributed by atoms with E-state index in [2.05, 4.69) is 6.07 Å². The van der Waals surface area contributed by atoms with E-state index in [4.69, 9.17) is 24.7 Å². The Labute approximate surface area is 300 Å². The van der Waals surface area contributed by atoms with E-state index >= 15 is 0 Å². The normalized spacial score (nSPS) is 21.6. The summed E-state index contributed by atoms with van der Waals surface area (Å²) in [6, 6.07) is 22.5. The Morgan fingerprint density at radius 1 is 1.12 bits per heavy atom. The van der Waals surface area contributed by atoms with Gasteiger partial charge in [0.2, 0.25) is 15.9 Å². The number of carbonyl (C=O) groups is 1. The monoisotopic (exact) mass is 720 g/mol. The van der Waals surface area contributed by atoms with Gasteiger partial charge >= 0.3 is 0 Å². The number of sulfonamides is 1. The molecule has 0 radical (unpaired) electrons. The van der Waals surface area contributed by atoms with Gasteiger partial charge in [0.15, 0.2) is 6.29 Å². The van der Waals surface area contributed by atoms with Crippen LogP contribution in [0, 0.1) is 23.2 Å². The van der Waals surface area contributed by atoms with Crippen LogP contribution in [0.4, 0.5) is 5.69 Å². The molecule has 12 nitrogen and oxygen atoms in total. The van der Waals surface area contributed by atoms with E-state index in [0.717, 1.165) is 11.1 Å². The van der Waals surface area contributed by atoms with Crippen LogP contribution in [0.15, 0.2) is 77.7 Å². The molecule has 1 amide bonds. The van der Waals surface area contributed by atoms with Crippen LogP contribution in [0.3, 0.4) is 0 Å². The fraction of sp³-hybridized carbons (Fsp3) is 0.474. The summed E-state index contributed by atoms with van der Waals surface area (Å²) in [6.07, 6.45) is -0.687. The lowest BCUT2D eigenvalue weighted by Gasteiger charge is -2.36. The molecule has 2 fully saturated rings.